The molecule has 1 rings (SSSR count). The second-order valence-electron chi connectivity index (χ2n) is 3.70. The van der Waals surface area contributed by atoms with Gasteiger partial charge in [0.05, 0.1) is 5.56 Å². The van der Waals surface area contributed by atoms with Gasteiger partial charge in [-0.05, 0) is 18.2 Å². The van der Waals surface area contributed by atoms with Crippen LogP contribution in [0.2, 0.25) is 0 Å². The zero-order valence-corrected chi connectivity index (χ0v) is 10.9. The molecule has 0 amide bonds. The summed E-state index contributed by atoms with van der Waals surface area (Å²) in [7, 11) is 0. The molecule has 0 aliphatic heterocycles. The van der Waals surface area contributed by atoms with Gasteiger partial charge in [-0.3, -0.25) is 9.63 Å². The first-order chi connectivity index (χ1) is 10.1. The van der Waals surface area contributed by atoms with Crippen LogP contribution in [0, 0.1) is 10.1 Å². The summed E-state index contributed by atoms with van der Waals surface area (Å²) in [6.07, 6.45) is -4.72. The van der Waals surface area contributed by atoms with Crippen LogP contribution in [0.1, 0.15) is 22.8 Å². The fourth-order valence-electron chi connectivity index (χ4n) is 1.31. The van der Waals surface area contributed by atoms with Gasteiger partial charge in [0.1, 0.15) is 11.3 Å². The van der Waals surface area contributed by atoms with Crippen molar-refractivity contribution in [2.75, 3.05) is 6.79 Å². The van der Waals surface area contributed by atoms with Crippen LogP contribution in [0.25, 0.3) is 0 Å². The lowest BCUT2D eigenvalue weighted by Gasteiger charge is -2.12. The van der Waals surface area contributed by atoms with E-state index in [9.17, 15) is 32.9 Å². The molecule has 0 N–H and O–H groups in total. The highest BCUT2D eigenvalue weighted by Gasteiger charge is 2.32. The van der Waals surface area contributed by atoms with Crippen molar-refractivity contribution >= 4 is 11.9 Å². The van der Waals surface area contributed by atoms with Crippen molar-refractivity contribution in [3.05, 3.63) is 39.4 Å². The van der Waals surface area contributed by atoms with Crippen molar-refractivity contribution in [2.24, 2.45) is 0 Å². The SMILES string of the molecule is CC(=O)Oc1cc(C(F)(F)F)ccc1C(=O)OCO[N+](=O)[O-]. The van der Waals surface area contributed by atoms with E-state index >= 15 is 0 Å². The van der Waals surface area contributed by atoms with Gasteiger partial charge in [-0.1, -0.05) is 0 Å². The van der Waals surface area contributed by atoms with Crippen molar-refractivity contribution in [3.63, 3.8) is 0 Å². The Morgan fingerprint density at radius 1 is 1.32 bits per heavy atom. The van der Waals surface area contributed by atoms with E-state index in [1.54, 1.807) is 0 Å². The maximum Gasteiger partial charge on any atom is 0.416 e. The molecule has 1 aromatic rings. The van der Waals surface area contributed by atoms with Gasteiger partial charge in [0.15, 0.2) is 0 Å². The quantitative estimate of drug-likeness (QED) is 0.268. The van der Waals surface area contributed by atoms with Gasteiger partial charge in [0.2, 0.25) is 6.79 Å². The van der Waals surface area contributed by atoms with Crippen molar-refractivity contribution in [1.82, 2.24) is 0 Å². The van der Waals surface area contributed by atoms with Crippen LogP contribution < -0.4 is 4.74 Å². The molecule has 0 bridgehead atoms. The smallest absolute Gasteiger partial charge is 0.416 e. The van der Waals surface area contributed by atoms with E-state index in [-0.39, 0.29) is 0 Å². The van der Waals surface area contributed by atoms with Gasteiger partial charge in [0, 0.05) is 6.92 Å². The molecule has 8 nitrogen and oxygen atoms in total. The normalized spacial score (nSPS) is 10.7. The number of carbonyl (C=O) groups is 2. The number of esters is 2. The fourth-order valence-corrected chi connectivity index (χ4v) is 1.31. The molecule has 11 heteroatoms. The van der Waals surface area contributed by atoms with E-state index in [1.807, 2.05) is 0 Å². The highest BCUT2D eigenvalue weighted by molar-refractivity contribution is 5.93. The highest BCUT2D eigenvalue weighted by atomic mass is 19.4. The Hall–Kier alpha value is -2.85. The molecule has 0 saturated carbocycles. The maximum absolute atomic E-state index is 12.6. The van der Waals surface area contributed by atoms with Gasteiger partial charge in [-0.2, -0.15) is 13.2 Å². The Morgan fingerprint density at radius 3 is 2.45 bits per heavy atom. The predicted octanol–water partition coefficient (Wildman–Crippen LogP) is 1.95. The summed E-state index contributed by atoms with van der Waals surface area (Å²) in [5, 5.41) is 8.65. The van der Waals surface area contributed by atoms with E-state index in [0.717, 1.165) is 13.0 Å². The lowest BCUT2D eigenvalue weighted by Crippen LogP contribution is -2.15. The van der Waals surface area contributed by atoms with Crippen LogP contribution in [0.5, 0.6) is 5.75 Å². The number of nitrogens with zero attached hydrogens (tertiary/aromatic N) is 1. The topological polar surface area (TPSA) is 105 Å². The van der Waals surface area contributed by atoms with Gasteiger partial charge >= 0.3 is 18.1 Å². The summed E-state index contributed by atoms with van der Waals surface area (Å²) >= 11 is 0. The molecule has 1 aromatic carbocycles. The highest BCUT2D eigenvalue weighted by Crippen LogP contribution is 2.33. The van der Waals surface area contributed by atoms with E-state index in [2.05, 4.69) is 14.3 Å². The minimum atomic E-state index is -4.72. The standard InChI is InChI=1S/C11H8F3NO7/c1-6(16)22-9-4-7(11(12,13)14)2-3-8(9)10(17)20-5-21-15(18)19/h2-4H,5H2,1H3. The molecule has 0 unspecified atom stereocenters. The molecular formula is C11H8F3NO7. The molecule has 0 heterocycles. The van der Waals surface area contributed by atoms with Crippen molar-refractivity contribution < 1.29 is 42.2 Å². The van der Waals surface area contributed by atoms with E-state index < -0.39 is 46.9 Å². The molecule has 0 spiro atoms. The number of halogens is 3. The largest absolute Gasteiger partial charge is 0.434 e. The number of benzene rings is 1. The summed E-state index contributed by atoms with van der Waals surface area (Å²) in [6, 6.07) is 1.72. The zero-order valence-electron chi connectivity index (χ0n) is 10.9. The fraction of sp³-hybridized carbons (Fsp3) is 0.273. The Bertz CT molecular complexity index is 600. The molecule has 0 aliphatic carbocycles. The molecule has 120 valence electrons. The first kappa shape index (κ1) is 17.2. The summed E-state index contributed by atoms with van der Waals surface area (Å²) in [5.74, 6) is -2.91. The molecule has 0 radical (unpaired) electrons. The van der Waals surface area contributed by atoms with E-state index in [4.69, 9.17) is 0 Å². The number of carbonyl (C=O) groups excluding carboxylic acids is 2. The predicted molar refractivity (Wildman–Crippen MR) is 61.1 cm³/mol. The third kappa shape index (κ3) is 4.92. The molecule has 0 aromatic heterocycles. The molecular weight excluding hydrogens is 315 g/mol. The zero-order chi connectivity index (χ0) is 16.9. The first-order valence-electron chi connectivity index (χ1n) is 5.45. The summed E-state index contributed by atoms with van der Waals surface area (Å²) in [6.45, 7) is -0.141. The third-order valence-electron chi connectivity index (χ3n) is 2.13. The molecule has 0 fully saturated rings. The molecule has 0 saturated heterocycles. The van der Waals surface area contributed by atoms with Gasteiger partial charge in [0.25, 0.3) is 5.09 Å². The number of ether oxygens (including phenoxy) is 2. The van der Waals surface area contributed by atoms with Crippen molar-refractivity contribution in [3.8, 4) is 5.75 Å². The van der Waals surface area contributed by atoms with Crippen LogP contribution in [0.15, 0.2) is 18.2 Å². The minimum absolute atomic E-state index is 0.437. The van der Waals surface area contributed by atoms with Crippen LogP contribution in [-0.2, 0) is 20.5 Å². The van der Waals surface area contributed by atoms with Crippen LogP contribution in [-0.4, -0.2) is 23.8 Å². The monoisotopic (exact) mass is 323 g/mol. The molecule has 0 aliphatic rings. The second-order valence-corrected chi connectivity index (χ2v) is 3.70. The molecule has 22 heavy (non-hydrogen) atoms. The Kier molecular flexibility index (Phi) is 5.27. The number of alkyl halides is 3. The summed E-state index contributed by atoms with van der Waals surface area (Å²) in [5.41, 5.74) is -1.67. The lowest BCUT2D eigenvalue weighted by molar-refractivity contribution is -0.765. The molecule has 0 atom stereocenters. The van der Waals surface area contributed by atoms with Gasteiger partial charge in [-0.15, -0.1) is 10.1 Å². The van der Waals surface area contributed by atoms with Crippen molar-refractivity contribution in [1.29, 1.82) is 0 Å². The van der Waals surface area contributed by atoms with Gasteiger partial charge < -0.3 is 9.47 Å². The van der Waals surface area contributed by atoms with E-state index in [0.29, 0.717) is 12.1 Å². The summed E-state index contributed by atoms with van der Waals surface area (Å²) in [4.78, 5) is 36.1. The number of rotatable bonds is 5. The Labute approximate surface area is 120 Å². The Morgan fingerprint density at radius 2 is 1.95 bits per heavy atom. The van der Waals surface area contributed by atoms with Crippen LogP contribution in [0.3, 0.4) is 0 Å². The van der Waals surface area contributed by atoms with E-state index in [1.165, 1.54) is 0 Å². The number of hydrogen-bond donors (Lipinski definition) is 0. The van der Waals surface area contributed by atoms with Crippen molar-refractivity contribution in [2.45, 2.75) is 13.1 Å². The van der Waals surface area contributed by atoms with Crippen LogP contribution >= 0.6 is 0 Å². The van der Waals surface area contributed by atoms with Crippen LogP contribution in [0.4, 0.5) is 13.2 Å². The lowest BCUT2D eigenvalue weighted by atomic mass is 10.1. The average Bonchev–Trinajstić information content (AvgIpc) is 2.36. The summed E-state index contributed by atoms with van der Waals surface area (Å²) < 4.78 is 46.6. The van der Waals surface area contributed by atoms with Gasteiger partial charge in [-0.25, -0.2) is 4.79 Å². The first-order valence-corrected chi connectivity index (χ1v) is 5.45. The second kappa shape index (κ2) is 6.74. The number of hydrogen-bond acceptors (Lipinski definition) is 7. The Balaban J connectivity index is 3.04. The third-order valence-corrected chi connectivity index (χ3v) is 2.13. The maximum atomic E-state index is 12.6. The minimum Gasteiger partial charge on any atom is -0.434 e. The average molecular weight is 323 g/mol.